The van der Waals surface area contributed by atoms with Crippen LogP contribution in [0.2, 0.25) is 0 Å². The van der Waals surface area contributed by atoms with Gasteiger partial charge in [0.25, 0.3) is 0 Å². The maximum atomic E-state index is 11.8. The predicted molar refractivity (Wildman–Crippen MR) is 148 cm³/mol. The van der Waals surface area contributed by atoms with Crippen LogP contribution in [-0.2, 0) is 9.84 Å². The molecule has 2 aliphatic heterocycles. The number of benzene rings is 2. The molecule has 2 saturated carbocycles. The Balaban J connectivity index is 0.989. The van der Waals surface area contributed by atoms with E-state index in [1.54, 1.807) is 12.1 Å². The number of imidazole rings is 1. The van der Waals surface area contributed by atoms with Gasteiger partial charge >= 0.3 is 0 Å². The Labute approximate surface area is 220 Å². The number of aryl methyl sites for hydroxylation is 1. The molecule has 4 fully saturated rings. The fourth-order valence-corrected chi connectivity index (χ4v) is 7.93. The molecule has 7 heteroatoms. The van der Waals surface area contributed by atoms with Gasteiger partial charge in [0.1, 0.15) is 5.82 Å². The summed E-state index contributed by atoms with van der Waals surface area (Å²) in [6, 6.07) is 12.4. The van der Waals surface area contributed by atoms with Crippen molar-refractivity contribution in [2.24, 2.45) is 11.3 Å². The van der Waals surface area contributed by atoms with E-state index in [1.165, 1.54) is 88.6 Å². The van der Waals surface area contributed by atoms with Crippen molar-refractivity contribution in [3.05, 3.63) is 47.5 Å². The first-order valence-electron chi connectivity index (χ1n) is 14.0. The highest BCUT2D eigenvalue weighted by Gasteiger charge is 2.54. The lowest BCUT2D eigenvalue weighted by molar-refractivity contribution is -0.113. The molecule has 1 aromatic heterocycles. The van der Waals surface area contributed by atoms with E-state index in [1.807, 2.05) is 12.1 Å². The van der Waals surface area contributed by atoms with Crippen LogP contribution in [0.4, 0.5) is 0 Å². The van der Waals surface area contributed by atoms with Gasteiger partial charge in [0.15, 0.2) is 9.84 Å². The van der Waals surface area contributed by atoms with Gasteiger partial charge in [-0.25, -0.2) is 13.4 Å². The molecule has 1 spiro atoms. The van der Waals surface area contributed by atoms with Crippen molar-refractivity contribution in [2.45, 2.75) is 62.3 Å². The normalized spacial score (nSPS) is 23.4. The third-order valence-corrected chi connectivity index (χ3v) is 10.7. The zero-order valence-corrected chi connectivity index (χ0v) is 22.9. The topological polar surface area (TPSA) is 69.3 Å². The Kier molecular flexibility index (Phi) is 5.58. The molecule has 2 aromatic carbocycles. The lowest BCUT2D eigenvalue weighted by Gasteiger charge is -2.62. The molecule has 1 N–H and O–H groups in total. The molecule has 0 bridgehead atoms. The summed E-state index contributed by atoms with van der Waals surface area (Å²) in [5, 5.41) is 0. The van der Waals surface area contributed by atoms with Gasteiger partial charge in [0.05, 0.1) is 15.9 Å². The Morgan fingerprint density at radius 2 is 1.73 bits per heavy atom. The van der Waals surface area contributed by atoms with Crippen LogP contribution in [0.5, 0.6) is 0 Å². The molecule has 2 aliphatic carbocycles. The summed E-state index contributed by atoms with van der Waals surface area (Å²) < 4.78 is 23.6. The fraction of sp³-hybridized carbons (Fsp3) is 0.567. The summed E-state index contributed by atoms with van der Waals surface area (Å²) in [5.74, 6) is 2.42. The molecule has 2 saturated heterocycles. The zero-order valence-electron chi connectivity index (χ0n) is 22.0. The van der Waals surface area contributed by atoms with Gasteiger partial charge in [-0.05, 0) is 117 Å². The lowest BCUT2D eigenvalue weighted by atomic mass is 9.60. The van der Waals surface area contributed by atoms with Crippen LogP contribution in [0, 0.1) is 18.3 Å². The highest BCUT2D eigenvalue weighted by molar-refractivity contribution is 7.90. The zero-order chi connectivity index (χ0) is 25.4. The molecular formula is C30H38N4O2S. The number of sulfone groups is 1. The molecule has 4 aliphatic rings. The number of aromatic amines is 1. The molecule has 196 valence electrons. The number of aromatic nitrogens is 2. The van der Waals surface area contributed by atoms with Crippen molar-refractivity contribution in [3.8, 4) is 11.4 Å². The molecule has 37 heavy (non-hydrogen) atoms. The molecule has 0 amide bonds. The van der Waals surface area contributed by atoms with E-state index < -0.39 is 9.84 Å². The standard InChI is InChI=1S/C30H38N4O2S/c1-20-13-24(14-27-28(20)32-29(31-27)23-5-7-26(8-6-23)37(2,35)36)22-9-11-34(12-10-22)25-15-30(16-25)18-33(19-30)17-21-3-4-21/h5-8,13-14,21-22,25H,3-4,9-12,15-19H2,1-2H3,(H,31,32). The molecule has 3 heterocycles. The molecule has 0 radical (unpaired) electrons. The summed E-state index contributed by atoms with van der Waals surface area (Å²) >= 11 is 0. The van der Waals surface area contributed by atoms with Crippen molar-refractivity contribution < 1.29 is 8.42 Å². The van der Waals surface area contributed by atoms with Gasteiger partial charge in [0, 0.05) is 37.5 Å². The summed E-state index contributed by atoms with van der Waals surface area (Å²) in [4.78, 5) is 14.2. The Morgan fingerprint density at radius 3 is 2.38 bits per heavy atom. The summed E-state index contributed by atoms with van der Waals surface area (Å²) in [7, 11) is -3.20. The SMILES string of the molecule is Cc1cc(C2CCN(C3CC4(C3)CN(CC3CC3)C4)CC2)cc2[nH]c(-c3ccc(S(C)(=O)=O)cc3)nc12. The molecule has 0 unspecified atom stereocenters. The summed E-state index contributed by atoms with van der Waals surface area (Å²) in [6.07, 6.45) is 9.48. The van der Waals surface area contributed by atoms with Gasteiger partial charge < -0.3 is 14.8 Å². The Bertz CT molecular complexity index is 1420. The van der Waals surface area contributed by atoms with Crippen LogP contribution in [0.1, 0.15) is 55.6 Å². The van der Waals surface area contributed by atoms with Crippen molar-refractivity contribution in [2.75, 3.05) is 39.0 Å². The van der Waals surface area contributed by atoms with Crippen molar-refractivity contribution in [3.63, 3.8) is 0 Å². The van der Waals surface area contributed by atoms with Gasteiger partial charge in [-0.1, -0.05) is 6.07 Å². The van der Waals surface area contributed by atoms with E-state index in [9.17, 15) is 8.42 Å². The van der Waals surface area contributed by atoms with Crippen LogP contribution in [-0.4, -0.2) is 73.2 Å². The Hall–Kier alpha value is -2.22. The first-order chi connectivity index (χ1) is 17.7. The summed E-state index contributed by atoms with van der Waals surface area (Å²) in [5.41, 5.74) is 6.26. The number of likely N-dealkylation sites (tertiary alicyclic amines) is 2. The van der Waals surface area contributed by atoms with Crippen LogP contribution in [0.15, 0.2) is 41.3 Å². The molecule has 3 aromatic rings. The highest BCUT2D eigenvalue weighted by atomic mass is 32.2. The summed E-state index contributed by atoms with van der Waals surface area (Å²) in [6.45, 7) is 8.68. The van der Waals surface area contributed by atoms with Gasteiger partial charge in [-0.2, -0.15) is 0 Å². The average Bonchev–Trinajstić information content (AvgIpc) is 3.54. The monoisotopic (exact) mass is 518 g/mol. The van der Waals surface area contributed by atoms with Crippen molar-refractivity contribution >= 4 is 20.9 Å². The number of fused-ring (bicyclic) bond motifs is 1. The van der Waals surface area contributed by atoms with Crippen molar-refractivity contribution in [1.82, 2.24) is 19.8 Å². The smallest absolute Gasteiger partial charge is 0.175 e. The molecule has 6 nitrogen and oxygen atoms in total. The van der Waals surface area contributed by atoms with E-state index in [2.05, 4.69) is 33.8 Å². The number of hydrogen-bond donors (Lipinski definition) is 1. The van der Waals surface area contributed by atoms with E-state index in [4.69, 9.17) is 4.98 Å². The molecule has 0 atom stereocenters. The van der Waals surface area contributed by atoms with Crippen LogP contribution >= 0.6 is 0 Å². The van der Waals surface area contributed by atoms with Crippen LogP contribution < -0.4 is 0 Å². The van der Waals surface area contributed by atoms with E-state index in [-0.39, 0.29) is 0 Å². The van der Waals surface area contributed by atoms with E-state index in [0.29, 0.717) is 16.2 Å². The fourth-order valence-electron chi connectivity index (χ4n) is 7.30. The lowest BCUT2D eigenvalue weighted by Crippen LogP contribution is -2.67. The molecular weight excluding hydrogens is 480 g/mol. The number of rotatable bonds is 6. The van der Waals surface area contributed by atoms with Crippen molar-refractivity contribution in [1.29, 1.82) is 0 Å². The largest absolute Gasteiger partial charge is 0.338 e. The quantitative estimate of drug-likeness (QED) is 0.498. The number of nitrogens with one attached hydrogen (secondary N) is 1. The van der Waals surface area contributed by atoms with E-state index in [0.717, 1.165) is 34.4 Å². The molecule has 7 rings (SSSR count). The maximum Gasteiger partial charge on any atom is 0.175 e. The Morgan fingerprint density at radius 1 is 1.03 bits per heavy atom. The van der Waals surface area contributed by atoms with Gasteiger partial charge in [-0.15, -0.1) is 0 Å². The minimum atomic E-state index is -3.20. The third-order valence-electron chi connectivity index (χ3n) is 9.54. The van der Waals surface area contributed by atoms with Crippen LogP contribution in [0.3, 0.4) is 0 Å². The van der Waals surface area contributed by atoms with Gasteiger partial charge in [-0.3, -0.25) is 0 Å². The minimum absolute atomic E-state index is 0.331. The third kappa shape index (κ3) is 4.53. The van der Waals surface area contributed by atoms with E-state index >= 15 is 0 Å². The highest BCUT2D eigenvalue weighted by Crippen LogP contribution is 2.51. The number of H-pyrrole nitrogens is 1. The second-order valence-corrected chi connectivity index (χ2v) is 14.6. The second-order valence-electron chi connectivity index (χ2n) is 12.6. The first-order valence-corrected chi connectivity index (χ1v) is 15.9. The van der Waals surface area contributed by atoms with Crippen LogP contribution in [0.25, 0.3) is 22.4 Å². The minimum Gasteiger partial charge on any atom is -0.338 e. The number of hydrogen-bond acceptors (Lipinski definition) is 5. The maximum absolute atomic E-state index is 11.8. The number of piperidine rings is 1. The average molecular weight is 519 g/mol. The number of nitrogens with zero attached hydrogens (tertiary/aromatic N) is 3. The van der Waals surface area contributed by atoms with Gasteiger partial charge in [0.2, 0.25) is 0 Å². The predicted octanol–water partition coefficient (Wildman–Crippen LogP) is 5.00. The second kappa shape index (κ2) is 8.65. The first kappa shape index (κ1) is 23.9.